The van der Waals surface area contributed by atoms with Gasteiger partial charge in [-0.05, 0) is 47.4 Å². The first-order chi connectivity index (χ1) is 9.39. The van der Waals surface area contributed by atoms with E-state index in [0.717, 1.165) is 22.3 Å². The van der Waals surface area contributed by atoms with Gasteiger partial charge in [-0.3, -0.25) is 0 Å². The molecule has 2 aromatic carbocycles. The molecule has 0 unspecified atom stereocenters. The first-order valence-electron chi connectivity index (χ1n) is 6.05. The van der Waals surface area contributed by atoms with E-state index in [1.54, 1.807) is 12.1 Å². The van der Waals surface area contributed by atoms with Crippen molar-refractivity contribution < 1.29 is 17.9 Å². The van der Waals surface area contributed by atoms with Gasteiger partial charge in [0.1, 0.15) is 5.75 Å². The van der Waals surface area contributed by atoms with E-state index in [1.165, 1.54) is 12.1 Å². The number of benzene rings is 2. The van der Waals surface area contributed by atoms with Gasteiger partial charge < -0.3 is 10.5 Å². The summed E-state index contributed by atoms with van der Waals surface area (Å²) in [4.78, 5) is 0. The average molecular weight is 281 g/mol. The number of hydrogen-bond donors (Lipinski definition) is 1. The van der Waals surface area contributed by atoms with E-state index in [2.05, 4.69) is 4.74 Å². The Labute approximate surface area is 115 Å². The van der Waals surface area contributed by atoms with Crippen molar-refractivity contribution in [1.29, 1.82) is 0 Å². The lowest BCUT2D eigenvalue weighted by Gasteiger charge is -2.11. The van der Waals surface area contributed by atoms with Crippen LogP contribution in [0.1, 0.15) is 11.1 Å². The molecule has 106 valence electrons. The molecular weight excluding hydrogens is 267 g/mol. The highest BCUT2D eigenvalue weighted by Gasteiger charge is 2.30. The molecule has 0 aliphatic rings. The van der Waals surface area contributed by atoms with Crippen LogP contribution in [0.2, 0.25) is 0 Å². The smallest absolute Gasteiger partial charge is 0.406 e. The monoisotopic (exact) mass is 281 g/mol. The number of nitrogens with two attached hydrogens (primary N) is 1. The van der Waals surface area contributed by atoms with E-state index in [0.29, 0.717) is 6.54 Å². The summed E-state index contributed by atoms with van der Waals surface area (Å²) in [7, 11) is 0. The Morgan fingerprint density at radius 1 is 1.05 bits per heavy atom. The summed E-state index contributed by atoms with van der Waals surface area (Å²) in [6, 6.07) is 11.6. The van der Waals surface area contributed by atoms with Crippen molar-refractivity contribution in [3.8, 4) is 16.9 Å². The van der Waals surface area contributed by atoms with Crippen molar-refractivity contribution in [2.24, 2.45) is 5.73 Å². The van der Waals surface area contributed by atoms with E-state index in [4.69, 9.17) is 5.73 Å². The van der Waals surface area contributed by atoms with Gasteiger partial charge in [-0.15, -0.1) is 13.2 Å². The minimum absolute atomic E-state index is 0.228. The van der Waals surface area contributed by atoms with Crippen molar-refractivity contribution in [3.63, 3.8) is 0 Å². The predicted molar refractivity (Wildman–Crippen MR) is 71.2 cm³/mol. The quantitative estimate of drug-likeness (QED) is 0.922. The largest absolute Gasteiger partial charge is 0.573 e. The molecule has 0 spiro atoms. The Morgan fingerprint density at radius 2 is 1.70 bits per heavy atom. The normalized spacial score (nSPS) is 11.4. The van der Waals surface area contributed by atoms with Crippen LogP contribution < -0.4 is 10.5 Å². The zero-order valence-corrected chi connectivity index (χ0v) is 10.9. The Kier molecular flexibility index (Phi) is 3.99. The predicted octanol–water partition coefficient (Wildman–Crippen LogP) is 4.02. The molecule has 0 amide bonds. The Morgan fingerprint density at radius 3 is 2.25 bits per heavy atom. The molecular formula is C15H14F3NO. The molecule has 0 fully saturated rings. The molecule has 2 rings (SSSR count). The van der Waals surface area contributed by atoms with Crippen LogP contribution in [0, 0.1) is 6.92 Å². The highest BCUT2D eigenvalue weighted by molar-refractivity contribution is 5.68. The minimum atomic E-state index is -4.67. The number of ether oxygens (including phenoxy) is 1. The van der Waals surface area contributed by atoms with Gasteiger partial charge in [-0.2, -0.15) is 0 Å². The topological polar surface area (TPSA) is 35.2 Å². The van der Waals surface area contributed by atoms with Crippen LogP contribution in [-0.2, 0) is 6.54 Å². The highest BCUT2D eigenvalue weighted by atomic mass is 19.4. The van der Waals surface area contributed by atoms with Gasteiger partial charge in [0, 0.05) is 6.54 Å². The fourth-order valence-corrected chi connectivity index (χ4v) is 1.94. The van der Waals surface area contributed by atoms with E-state index < -0.39 is 6.36 Å². The molecule has 0 bridgehead atoms. The standard InChI is InChI=1S/C15H14F3NO/c1-10-2-3-11(9-19)8-14(10)12-4-6-13(7-5-12)20-15(16,17)18/h2-8H,9,19H2,1H3. The van der Waals surface area contributed by atoms with Gasteiger partial charge in [0.2, 0.25) is 0 Å². The molecule has 0 saturated carbocycles. The Bertz CT molecular complexity index is 591. The Hall–Kier alpha value is -2.01. The van der Waals surface area contributed by atoms with Crippen molar-refractivity contribution in [2.45, 2.75) is 19.8 Å². The van der Waals surface area contributed by atoms with Crippen LogP contribution in [-0.4, -0.2) is 6.36 Å². The first-order valence-corrected chi connectivity index (χ1v) is 6.05. The summed E-state index contributed by atoms with van der Waals surface area (Å²) in [5.41, 5.74) is 9.38. The number of hydrogen-bond acceptors (Lipinski definition) is 2. The second-order valence-electron chi connectivity index (χ2n) is 4.43. The third kappa shape index (κ3) is 3.51. The zero-order chi connectivity index (χ0) is 14.8. The molecule has 2 aromatic rings. The molecule has 20 heavy (non-hydrogen) atoms. The highest BCUT2D eigenvalue weighted by Crippen LogP contribution is 2.28. The first kappa shape index (κ1) is 14.4. The second-order valence-corrected chi connectivity index (χ2v) is 4.43. The molecule has 0 atom stereocenters. The summed E-state index contributed by atoms with van der Waals surface area (Å²) in [5.74, 6) is -0.228. The lowest BCUT2D eigenvalue weighted by molar-refractivity contribution is -0.274. The van der Waals surface area contributed by atoms with Crippen LogP contribution in [0.5, 0.6) is 5.75 Å². The Balaban J connectivity index is 2.30. The number of alkyl halides is 3. The number of rotatable bonds is 3. The van der Waals surface area contributed by atoms with Crippen molar-refractivity contribution in [3.05, 3.63) is 53.6 Å². The third-order valence-electron chi connectivity index (χ3n) is 2.94. The molecule has 5 heteroatoms. The number of aryl methyl sites for hydroxylation is 1. The van der Waals surface area contributed by atoms with E-state index in [9.17, 15) is 13.2 Å². The molecule has 2 nitrogen and oxygen atoms in total. The maximum Gasteiger partial charge on any atom is 0.573 e. The fraction of sp³-hybridized carbons (Fsp3) is 0.200. The van der Waals surface area contributed by atoms with Gasteiger partial charge >= 0.3 is 6.36 Å². The van der Waals surface area contributed by atoms with Crippen molar-refractivity contribution in [2.75, 3.05) is 0 Å². The van der Waals surface area contributed by atoms with Crippen LogP contribution in [0.15, 0.2) is 42.5 Å². The summed E-state index contributed by atoms with van der Waals surface area (Å²) in [6.07, 6.45) is -4.67. The molecule has 0 heterocycles. The summed E-state index contributed by atoms with van der Waals surface area (Å²) in [6.45, 7) is 2.36. The van der Waals surface area contributed by atoms with Crippen molar-refractivity contribution in [1.82, 2.24) is 0 Å². The summed E-state index contributed by atoms with van der Waals surface area (Å²) in [5, 5.41) is 0. The van der Waals surface area contributed by atoms with Crippen LogP contribution >= 0.6 is 0 Å². The van der Waals surface area contributed by atoms with Crippen molar-refractivity contribution >= 4 is 0 Å². The van der Waals surface area contributed by atoms with Gasteiger partial charge in [0.25, 0.3) is 0 Å². The van der Waals surface area contributed by atoms with E-state index in [1.807, 2.05) is 25.1 Å². The molecule has 0 radical (unpaired) electrons. The van der Waals surface area contributed by atoms with E-state index in [-0.39, 0.29) is 5.75 Å². The van der Waals surface area contributed by atoms with Crippen LogP contribution in [0.3, 0.4) is 0 Å². The SMILES string of the molecule is Cc1ccc(CN)cc1-c1ccc(OC(F)(F)F)cc1. The van der Waals surface area contributed by atoms with Crippen LogP contribution in [0.4, 0.5) is 13.2 Å². The van der Waals surface area contributed by atoms with Gasteiger partial charge in [-0.25, -0.2) is 0 Å². The summed E-state index contributed by atoms with van der Waals surface area (Å²) < 4.78 is 40.1. The molecule has 0 saturated heterocycles. The third-order valence-corrected chi connectivity index (χ3v) is 2.94. The van der Waals surface area contributed by atoms with Gasteiger partial charge in [0.05, 0.1) is 0 Å². The summed E-state index contributed by atoms with van der Waals surface area (Å²) >= 11 is 0. The van der Waals surface area contributed by atoms with Gasteiger partial charge in [0.15, 0.2) is 0 Å². The minimum Gasteiger partial charge on any atom is -0.406 e. The average Bonchev–Trinajstić information content (AvgIpc) is 2.39. The van der Waals surface area contributed by atoms with E-state index >= 15 is 0 Å². The fourth-order valence-electron chi connectivity index (χ4n) is 1.94. The van der Waals surface area contributed by atoms with Crippen LogP contribution in [0.25, 0.3) is 11.1 Å². The molecule has 0 aliphatic heterocycles. The number of halogens is 3. The molecule has 0 aliphatic carbocycles. The lowest BCUT2D eigenvalue weighted by Crippen LogP contribution is -2.16. The van der Waals surface area contributed by atoms with Gasteiger partial charge in [-0.1, -0.05) is 24.3 Å². The maximum absolute atomic E-state index is 12.1. The maximum atomic E-state index is 12.1. The zero-order valence-electron chi connectivity index (χ0n) is 10.9. The second kappa shape index (κ2) is 5.54. The molecule has 0 aromatic heterocycles. The lowest BCUT2D eigenvalue weighted by atomic mass is 9.98. The molecule has 2 N–H and O–H groups in total.